The third-order valence-corrected chi connectivity index (χ3v) is 5.61. The Hall–Kier alpha value is -1.76. The molecule has 1 amide bonds. The summed E-state index contributed by atoms with van der Waals surface area (Å²) in [7, 11) is 3.29. The second-order valence-corrected chi connectivity index (χ2v) is 7.52. The lowest BCUT2D eigenvalue weighted by Crippen LogP contribution is -2.33. The first-order valence-corrected chi connectivity index (χ1v) is 9.79. The van der Waals surface area contributed by atoms with E-state index in [2.05, 4.69) is 0 Å². The maximum absolute atomic E-state index is 12.3. The van der Waals surface area contributed by atoms with Crippen LogP contribution in [0.2, 0.25) is 0 Å². The first-order chi connectivity index (χ1) is 12.0. The Morgan fingerprint density at radius 1 is 1.36 bits per heavy atom. The van der Waals surface area contributed by atoms with Gasteiger partial charge in [0.05, 0.1) is 17.8 Å². The summed E-state index contributed by atoms with van der Waals surface area (Å²) in [6.45, 7) is 0.841. The van der Waals surface area contributed by atoms with E-state index in [4.69, 9.17) is 4.74 Å². The second-order valence-electron chi connectivity index (χ2n) is 6.53. The van der Waals surface area contributed by atoms with Crippen LogP contribution in [0, 0.1) is 16.0 Å². The van der Waals surface area contributed by atoms with E-state index in [0.717, 1.165) is 12.1 Å². The zero-order chi connectivity index (χ0) is 18.2. The average Bonchev–Trinajstić information content (AvgIpc) is 2.62. The fourth-order valence-corrected chi connectivity index (χ4v) is 4.11. The Bertz CT molecular complexity index is 603. The summed E-state index contributed by atoms with van der Waals surface area (Å²) in [4.78, 5) is 24.7. The highest BCUT2D eigenvalue weighted by Crippen LogP contribution is 2.29. The average molecular weight is 366 g/mol. The van der Waals surface area contributed by atoms with Gasteiger partial charge in [0.2, 0.25) is 5.91 Å². The van der Waals surface area contributed by atoms with Gasteiger partial charge in [0.1, 0.15) is 0 Å². The highest BCUT2D eigenvalue weighted by atomic mass is 32.2. The minimum Gasteiger partial charge on any atom is -0.490 e. The summed E-state index contributed by atoms with van der Waals surface area (Å²) >= 11 is 1.48. The minimum absolute atomic E-state index is 0.0404. The molecule has 0 aliphatic heterocycles. The van der Waals surface area contributed by atoms with Crippen LogP contribution in [0.4, 0.5) is 5.69 Å². The van der Waals surface area contributed by atoms with E-state index in [0.29, 0.717) is 17.4 Å². The molecule has 1 fully saturated rings. The van der Waals surface area contributed by atoms with Gasteiger partial charge in [-0.25, -0.2) is 0 Å². The largest absolute Gasteiger partial charge is 0.490 e. The first kappa shape index (κ1) is 19.6. The van der Waals surface area contributed by atoms with Crippen molar-refractivity contribution in [1.29, 1.82) is 0 Å². The number of methoxy groups -OCH3 is 1. The molecule has 0 aromatic heterocycles. The number of ether oxygens (including phenoxy) is 1. The highest BCUT2D eigenvalue weighted by Gasteiger charge is 2.19. The molecule has 7 heteroatoms. The normalized spacial score (nSPS) is 15.0. The number of thioether (sulfide) groups is 1. The van der Waals surface area contributed by atoms with Crippen LogP contribution < -0.4 is 4.74 Å². The van der Waals surface area contributed by atoms with Gasteiger partial charge in [-0.15, -0.1) is 11.8 Å². The van der Waals surface area contributed by atoms with E-state index in [9.17, 15) is 14.9 Å². The molecule has 0 bridgehead atoms. The Balaban J connectivity index is 1.80. The van der Waals surface area contributed by atoms with Gasteiger partial charge in [0, 0.05) is 25.4 Å². The molecule has 6 nitrogen and oxygen atoms in total. The van der Waals surface area contributed by atoms with Gasteiger partial charge >= 0.3 is 5.69 Å². The molecule has 1 aromatic carbocycles. The molecule has 1 aromatic rings. The van der Waals surface area contributed by atoms with Crippen LogP contribution in [-0.2, 0) is 10.5 Å². The van der Waals surface area contributed by atoms with Crippen LogP contribution in [0.1, 0.15) is 37.7 Å². The van der Waals surface area contributed by atoms with E-state index >= 15 is 0 Å². The quantitative estimate of drug-likeness (QED) is 0.516. The topological polar surface area (TPSA) is 72.7 Å². The molecular weight excluding hydrogens is 340 g/mol. The van der Waals surface area contributed by atoms with Gasteiger partial charge in [0.15, 0.2) is 5.75 Å². The van der Waals surface area contributed by atoms with Crippen LogP contribution in [0.3, 0.4) is 0 Å². The van der Waals surface area contributed by atoms with Crippen LogP contribution in [-0.4, -0.2) is 42.2 Å². The molecule has 0 N–H and O–H groups in total. The van der Waals surface area contributed by atoms with E-state index in [-0.39, 0.29) is 17.3 Å². The number of nitrogens with zero attached hydrogens (tertiary/aromatic N) is 2. The fraction of sp³-hybridized carbons (Fsp3) is 0.611. The maximum atomic E-state index is 12.3. The number of amides is 1. The van der Waals surface area contributed by atoms with Crippen molar-refractivity contribution >= 4 is 23.4 Å². The summed E-state index contributed by atoms with van der Waals surface area (Å²) in [6.07, 6.45) is 6.31. The predicted molar refractivity (Wildman–Crippen MR) is 100 cm³/mol. The number of nitro groups is 1. The maximum Gasteiger partial charge on any atom is 0.311 e. The van der Waals surface area contributed by atoms with E-state index in [1.165, 1.54) is 57.0 Å². The monoisotopic (exact) mass is 366 g/mol. The van der Waals surface area contributed by atoms with E-state index in [1.54, 1.807) is 12.1 Å². The van der Waals surface area contributed by atoms with Gasteiger partial charge in [-0.2, -0.15) is 0 Å². The van der Waals surface area contributed by atoms with Gasteiger partial charge in [-0.3, -0.25) is 14.9 Å². The van der Waals surface area contributed by atoms with Crippen molar-refractivity contribution in [2.75, 3.05) is 26.5 Å². The van der Waals surface area contributed by atoms with Crippen molar-refractivity contribution < 1.29 is 14.5 Å². The molecule has 1 saturated carbocycles. The third kappa shape index (κ3) is 5.92. The molecular formula is C18H26N2O4S. The molecule has 0 unspecified atom stereocenters. The summed E-state index contributed by atoms with van der Waals surface area (Å²) in [5.74, 6) is 1.97. The molecule has 0 spiro atoms. The molecule has 0 radical (unpaired) electrons. The van der Waals surface area contributed by atoms with Crippen molar-refractivity contribution in [2.24, 2.45) is 5.92 Å². The van der Waals surface area contributed by atoms with Gasteiger partial charge in [-0.05, 0) is 30.4 Å². The summed E-state index contributed by atoms with van der Waals surface area (Å²) in [5.41, 5.74) is 0.779. The van der Waals surface area contributed by atoms with Gasteiger partial charge in [0.25, 0.3) is 0 Å². The zero-order valence-corrected chi connectivity index (χ0v) is 15.7. The smallest absolute Gasteiger partial charge is 0.311 e. The molecule has 0 heterocycles. The number of hydrogen-bond donors (Lipinski definition) is 0. The number of hydrogen-bond acceptors (Lipinski definition) is 5. The zero-order valence-electron chi connectivity index (χ0n) is 14.9. The predicted octanol–water partition coefficient (Wildman–Crippen LogP) is 3.88. The number of carbonyl (C=O) groups excluding carboxylic acids is 1. The number of nitro benzene ring substituents is 1. The summed E-state index contributed by atoms with van der Waals surface area (Å²) in [6, 6.07) is 4.92. The summed E-state index contributed by atoms with van der Waals surface area (Å²) in [5, 5.41) is 11.1. The van der Waals surface area contributed by atoms with Crippen molar-refractivity contribution in [3.63, 3.8) is 0 Å². The van der Waals surface area contributed by atoms with Crippen LogP contribution in [0.5, 0.6) is 5.75 Å². The lowest BCUT2D eigenvalue weighted by molar-refractivity contribution is -0.385. The van der Waals surface area contributed by atoms with Crippen molar-refractivity contribution in [3.05, 3.63) is 33.9 Å². The Kier molecular flexibility index (Phi) is 7.55. The Morgan fingerprint density at radius 2 is 2.08 bits per heavy atom. The third-order valence-electron chi connectivity index (χ3n) is 4.62. The Morgan fingerprint density at radius 3 is 2.72 bits per heavy atom. The van der Waals surface area contributed by atoms with Gasteiger partial charge < -0.3 is 9.64 Å². The Labute approximate surface area is 153 Å². The first-order valence-electron chi connectivity index (χ1n) is 8.64. The minimum atomic E-state index is -0.448. The van der Waals surface area contributed by atoms with E-state index < -0.39 is 4.92 Å². The highest BCUT2D eigenvalue weighted by molar-refractivity contribution is 7.99. The fourth-order valence-electron chi connectivity index (χ4n) is 3.19. The number of benzene rings is 1. The van der Waals surface area contributed by atoms with Crippen LogP contribution >= 0.6 is 11.8 Å². The molecule has 0 atom stereocenters. The second kappa shape index (κ2) is 9.65. The molecule has 0 saturated heterocycles. The van der Waals surface area contributed by atoms with Crippen LogP contribution in [0.25, 0.3) is 0 Å². The van der Waals surface area contributed by atoms with Crippen LogP contribution in [0.15, 0.2) is 18.2 Å². The molecule has 1 aliphatic rings. The summed E-state index contributed by atoms with van der Waals surface area (Å²) < 4.78 is 5.00. The molecule has 2 rings (SSSR count). The molecule has 138 valence electrons. The number of rotatable bonds is 8. The molecule has 1 aliphatic carbocycles. The SMILES string of the molecule is COc1ccc(CSCC(=O)N(C)CC2CCCCC2)cc1[N+](=O)[O-]. The molecule has 25 heavy (non-hydrogen) atoms. The standard InChI is InChI=1S/C18H26N2O4S/c1-19(11-14-6-4-3-5-7-14)18(21)13-25-12-15-8-9-17(24-2)16(10-15)20(22)23/h8-10,14H,3-7,11-13H2,1-2H3. The number of carbonyl (C=O) groups is 1. The lowest BCUT2D eigenvalue weighted by atomic mass is 9.89. The van der Waals surface area contributed by atoms with Crippen molar-refractivity contribution in [1.82, 2.24) is 4.90 Å². The van der Waals surface area contributed by atoms with Crippen molar-refractivity contribution in [2.45, 2.75) is 37.9 Å². The van der Waals surface area contributed by atoms with Crippen molar-refractivity contribution in [3.8, 4) is 5.75 Å². The van der Waals surface area contributed by atoms with E-state index in [1.807, 2.05) is 11.9 Å². The lowest BCUT2D eigenvalue weighted by Gasteiger charge is -2.27. The van der Waals surface area contributed by atoms with Gasteiger partial charge in [-0.1, -0.05) is 25.3 Å².